The zero-order chi connectivity index (χ0) is 24.5. The fraction of sp³-hybridized carbons (Fsp3) is 0.542. The SMILES string of the molecule is CCOC(=O)CCC(=O)N(Cc1cc(-c2cc(OC)c(OC)c(OC)c2)on1)C[C@@H]1CCCO1. The van der Waals surface area contributed by atoms with Crippen molar-refractivity contribution in [1.29, 1.82) is 0 Å². The maximum atomic E-state index is 12.9. The highest BCUT2D eigenvalue weighted by Crippen LogP contribution is 2.41. The zero-order valence-electron chi connectivity index (χ0n) is 20.1. The molecule has 1 atom stereocenters. The maximum Gasteiger partial charge on any atom is 0.306 e. The first-order valence-corrected chi connectivity index (χ1v) is 11.3. The molecule has 1 aliphatic rings. The van der Waals surface area contributed by atoms with Crippen LogP contribution in [-0.2, 0) is 25.6 Å². The molecule has 186 valence electrons. The quantitative estimate of drug-likeness (QED) is 0.427. The third kappa shape index (κ3) is 6.40. The second-order valence-corrected chi connectivity index (χ2v) is 7.81. The van der Waals surface area contributed by atoms with Gasteiger partial charge in [-0.25, -0.2) is 0 Å². The molecule has 0 saturated carbocycles. The second-order valence-electron chi connectivity index (χ2n) is 7.81. The topological polar surface area (TPSA) is 110 Å². The summed E-state index contributed by atoms with van der Waals surface area (Å²) in [4.78, 5) is 26.3. The number of nitrogens with zero attached hydrogens (tertiary/aromatic N) is 2. The van der Waals surface area contributed by atoms with Crippen LogP contribution in [0.1, 0.15) is 38.3 Å². The predicted octanol–water partition coefficient (Wildman–Crippen LogP) is 3.22. The summed E-state index contributed by atoms with van der Waals surface area (Å²) >= 11 is 0. The van der Waals surface area contributed by atoms with Gasteiger partial charge in [0.05, 0.1) is 47.0 Å². The van der Waals surface area contributed by atoms with Crippen molar-refractivity contribution in [2.75, 3.05) is 41.1 Å². The van der Waals surface area contributed by atoms with E-state index in [1.165, 1.54) is 21.3 Å². The van der Waals surface area contributed by atoms with Crippen molar-refractivity contribution in [1.82, 2.24) is 10.1 Å². The van der Waals surface area contributed by atoms with Crippen LogP contribution in [0.25, 0.3) is 11.3 Å². The number of esters is 1. The number of benzene rings is 1. The van der Waals surface area contributed by atoms with E-state index in [4.69, 9.17) is 28.2 Å². The van der Waals surface area contributed by atoms with Crippen molar-refractivity contribution in [2.24, 2.45) is 0 Å². The number of aromatic nitrogens is 1. The summed E-state index contributed by atoms with van der Waals surface area (Å²) < 4.78 is 32.4. The molecule has 10 nitrogen and oxygen atoms in total. The van der Waals surface area contributed by atoms with Gasteiger partial charge in [0.15, 0.2) is 17.3 Å². The standard InChI is InChI=1S/C24H32N2O8/c1-5-32-23(28)9-8-22(27)26(15-18-7-6-10-33-18)14-17-13-19(34-25-17)16-11-20(29-2)24(31-4)21(12-16)30-3/h11-13,18H,5-10,14-15H2,1-4H3/t18-/m0/s1. The lowest BCUT2D eigenvalue weighted by atomic mass is 10.1. The smallest absolute Gasteiger partial charge is 0.306 e. The van der Waals surface area contributed by atoms with Crippen LogP contribution in [0.3, 0.4) is 0 Å². The molecule has 0 bridgehead atoms. The van der Waals surface area contributed by atoms with Crippen molar-refractivity contribution < 1.29 is 37.8 Å². The van der Waals surface area contributed by atoms with Gasteiger partial charge < -0.3 is 33.1 Å². The summed E-state index contributed by atoms with van der Waals surface area (Å²) in [6.45, 7) is 3.36. The third-order valence-corrected chi connectivity index (χ3v) is 5.51. The monoisotopic (exact) mass is 476 g/mol. The van der Waals surface area contributed by atoms with Gasteiger partial charge in [-0.05, 0) is 31.9 Å². The number of rotatable bonds is 12. The Morgan fingerprint density at radius 3 is 2.41 bits per heavy atom. The van der Waals surface area contributed by atoms with Crippen LogP contribution in [-0.4, -0.2) is 69.1 Å². The van der Waals surface area contributed by atoms with E-state index in [2.05, 4.69) is 5.16 Å². The van der Waals surface area contributed by atoms with E-state index in [0.29, 0.717) is 47.4 Å². The number of methoxy groups -OCH3 is 3. The lowest BCUT2D eigenvalue weighted by molar-refractivity contribution is -0.146. The Morgan fingerprint density at radius 2 is 1.82 bits per heavy atom. The molecule has 0 spiro atoms. The Labute approximate surface area is 199 Å². The Hall–Kier alpha value is -3.27. The van der Waals surface area contributed by atoms with Gasteiger partial charge in [-0.15, -0.1) is 0 Å². The molecule has 3 rings (SSSR count). The fourth-order valence-electron chi connectivity index (χ4n) is 3.83. The van der Waals surface area contributed by atoms with E-state index < -0.39 is 0 Å². The van der Waals surface area contributed by atoms with Gasteiger partial charge in [-0.1, -0.05) is 5.16 Å². The van der Waals surface area contributed by atoms with Gasteiger partial charge in [0.2, 0.25) is 11.7 Å². The number of carbonyl (C=O) groups excluding carboxylic acids is 2. The van der Waals surface area contributed by atoms with E-state index in [9.17, 15) is 9.59 Å². The number of hydrogen-bond donors (Lipinski definition) is 0. The van der Waals surface area contributed by atoms with E-state index in [1.807, 2.05) is 0 Å². The molecule has 0 aliphatic carbocycles. The van der Waals surface area contributed by atoms with Crippen molar-refractivity contribution in [3.05, 3.63) is 23.9 Å². The average Bonchev–Trinajstić information content (AvgIpc) is 3.53. The molecule has 10 heteroatoms. The molecule has 1 fully saturated rings. The Kier molecular flexibility index (Phi) is 9.15. The molecule has 1 aromatic heterocycles. The van der Waals surface area contributed by atoms with Crippen molar-refractivity contribution in [2.45, 2.75) is 45.3 Å². The Balaban J connectivity index is 1.76. The van der Waals surface area contributed by atoms with Crippen molar-refractivity contribution >= 4 is 11.9 Å². The van der Waals surface area contributed by atoms with Gasteiger partial charge in [0.1, 0.15) is 5.69 Å². The van der Waals surface area contributed by atoms with Crippen LogP contribution < -0.4 is 14.2 Å². The highest BCUT2D eigenvalue weighted by Gasteiger charge is 2.25. The molecule has 2 aromatic rings. The van der Waals surface area contributed by atoms with Gasteiger partial charge in [0.25, 0.3) is 0 Å². The lowest BCUT2D eigenvalue weighted by Crippen LogP contribution is -2.37. The van der Waals surface area contributed by atoms with Crippen LogP contribution >= 0.6 is 0 Å². The largest absolute Gasteiger partial charge is 0.493 e. The van der Waals surface area contributed by atoms with Crippen molar-refractivity contribution in [3.8, 4) is 28.6 Å². The summed E-state index contributed by atoms with van der Waals surface area (Å²) in [5, 5.41) is 4.15. The predicted molar refractivity (Wildman–Crippen MR) is 122 cm³/mol. The minimum atomic E-state index is -0.390. The first kappa shape index (κ1) is 25.4. The number of ether oxygens (including phenoxy) is 5. The maximum absolute atomic E-state index is 12.9. The zero-order valence-corrected chi connectivity index (χ0v) is 20.1. The lowest BCUT2D eigenvalue weighted by Gasteiger charge is -2.24. The highest BCUT2D eigenvalue weighted by molar-refractivity contribution is 5.81. The molecule has 2 heterocycles. The molecule has 0 radical (unpaired) electrons. The van der Waals surface area contributed by atoms with Gasteiger partial charge in [-0.3, -0.25) is 9.59 Å². The first-order chi connectivity index (χ1) is 16.5. The summed E-state index contributed by atoms with van der Waals surface area (Å²) in [5.41, 5.74) is 1.26. The van der Waals surface area contributed by atoms with Gasteiger partial charge in [0, 0.05) is 31.2 Å². The van der Waals surface area contributed by atoms with Crippen LogP contribution in [0.4, 0.5) is 0 Å². The summed E-state index contributed by atoms with van der Waals surface area (Å²) in [6, 6.07) is 5.29. The van der Waals surface area contributed by atoms with Crippen LogP contribution in [0.2, 0.25) is 0 Å². The van der Waals surface area contributed by atoms with E-state index in [0.717, 1.165) is 12.8 Å². The molecular weight excluding hydrogens is 444 g/mol. The molecule has 1 amide bonds. The summed E-state index contributed by atoms with van der Waals surface area (Å²) in [6.07, 6.45) is 1.91. The van der Waals surface area contributed by atoms with Crippen LogP contribution in [0, 0.1) is 0 Å². The summed E-state index contributed by atoms with van der Waals surface area (Å²) in [7, 11) is 4.61. The van der Waals surface area contributed by atoms with Gasteiger partial charge >= 0.3 is 5.97 Å². The van der Waals surface area contributed by atoms with Gasteiger partial charge in [-0.2, -0.15) is 0 Å². The molecule has 1 aliphatic heterocycles. The number of hydrogen-bond acceptors (Lipinski definition) is 9. The normalized spacial score (nSPS) is 15.1. The average molecular weight is 477 g/mol. The highest BCUT2D eigenvalue weighted by atomic mass is 16.5. The number of amides is 1. The minimum absolute atomic E-state index is 0.0319. The molecular formula is C24H32N2O8. The van der Waals surface area contributed by atoms with E-state index >= 15 is 0 Å². The van der Waals surface area contributed by atoms with Crippen LogP contribution in [0.5, 0.6) is 17.2 Å². The fourth-order valence-corrected chi connectivity index (χ4v) is 3.83. The third-order valence-electron chi connectivity index (χ3n) is 5.51. The van der Waals surface area contributed by atoms with E-state index in [-0.39, 0.29) is 44.0 Å². The number of carbonyl (C=O) groups is 2. The second kappa shape index (κ2) is 12.3. The van der Waals surface area contributed by atoms with Crippen molar-refractivity contribution in [3.63, 3.8) is 0 Å². The molecule has 34 heavy (non-hydrogen) atoms. The molecule has 0 N–H and O–H groups in total. The minimum Gasteiger partial charge on any atom is -0.493 e. The molecule has 0 unspecified atom stereocenters. The summed E-state index contributed by atoms with van der Waals surface area (Å²) in [5.74, 6) is 1.39. The Morgan fingerprint density at radius 1 is 1.09 bits per heavy atom. The van der Waals surface area contributed by atoms with E-state index in [1.54, 1.807) is 30.0 Å². The molecule has 1 saturated heterocycles. The molecule has 1 aromatic carbocycles. The van der Waals surface area contributed by atoms with Crippen LogP contribution in [0.15, 0.2) is 22.7 Å². The Bertz CT molecular complexity index is 943. The first-order valence-electron chi connectivity index (χ1n) is 11.3.